The van der Waals surface area contributed by atoms with Crippen molar-refractivity contribution in [3.63, 3.8) is 0 Å². The summed E-state index contributed by atoms with van der Waals surface area (Å²) in [5, 5.41) is 27.0. The van der Waals surface area contributed by atoms with Crippen molar-refractivity contribution in [1.82, 2.24) is 20.1 Å². The second-order valence-corrected chi connectivity index (χ2v) is 7.27. The normalized spacial score (nSPS) is 14.7. The van der Waals surface area contributed by atoms with E-state index in [1.165, 1.54) is 12.1 Å². The monoisotopic (exact) mass is 419 g/mol. The first-order valence-corrected chi connectivity index (χ1v) is 9.79. The lowest BCUT2D eigenvalue weighted by molar-refractivity contribution is 0.0314. The molecule has 0 amide bonds. The maximum atomic E-state index is 14.6. The van der Waals surface area contributed by atoms with Crippen LogP contribution in [0.1, 0.15) is 11.3 Å². The molecule has 8 nitrogen and oxygen atoms in total. The standard InChI is InChI=1S/C22H18FN5O3/c23-18-9-13(29)1-3-15(18)21-16(10-24)20(17-11-25-27-22(17)26-21)19-4-2-14(31-19)12-28-5-7-30-8-6-28/h1-4,9,11,29H,5-8,12H2,(H,25,26,27). The van der Waals surface area contributed by atoms with E-state index in [9.17, 15) is 14.8 Å². The van der Waals surface area contributed by atoms with Crippen LogP contribution in [-0.4, -0.2) is 51.5 Å². The number of phenolic OH excluding ortho intramolecular Hbond substituents is 1. The Kier molecular flexibility index (Phi) is 4.86. The summed E-state index contributed by atoms with van der Waals surface area (Å²) < 4.78 is 26.1. The topological polar surface area (TPSA) is 111 Å². The van der Waals surface area contributed by atoms with Gasteiger partial charge in [0.05, 0.1) is 42.6 Å². The molecule has 0 atom stereocenters. The number of rotatable bonds is 4. The van der Waals surface area contributed by atoms with Gasteiger partial charge in [-0.1, -0.05) is 0 Å². The molecule has 0 unspecified atom stereocenters. The fourth-order valence-electron chi connectivity index (χ4n) is 3.80. The lowest BCUT2D eigenvalue weighted by Gasteiger charge is -2.25. The van der Waals surface area contributed by atoms with Gasteiger partial charge in [-0.25, -0.2) is 9.37 Å². The van der Waals surface area contributed by atoms with Crippen molar-refractivity contribution >= 4 is 11.0 Å². The summed E-state index contributed by atoms with van der Waals surface area (Å²) in [5.74, 6) is 0.350. The minimum absolute atomic E-state index is 0.104. The highest BCUT2D eigenvalue weighted by Crippen LogP contribution is 2.38. The number of morpholine rings is 1. The Hall–Kier alpha value is -3.74. The van der Waals surface area contributed by atoms with Gasteiger partial charge in [0.15, 0.2) is 5.65 Å². The summed E-state index contributed by atoms with van der Waals surface area (Å²) in [4.78, 5) is 6.66. The van der Waals surface area contributed by atoms with Gasteiger partial charge in [0.25, 0.3) is 0 Å². The summed E-state index contributed by atoms with van der Waals surface area (Å²) in [7, 11) is 0. The van der Waals surface area contributed by atoms with Crippen LogP contribution in [0.15, 0.2) is 40.9 Å². The highest BCUT2D eigenvalue weighted by atomic mass is 19.1. The fourth-order valence-corrected chi connectivity index (χ4v) is 3.80. The zero-order chi connectivity index (χ0) is 21.4. The molecule has 4 heterocycles. The molecular formula is C22H18FN5O3. The molecule has 9 heteroatoms. The number of nitrogens with one attached hydrogen (secondary N) is 1. The van der Waals surface area contributed by atoms with Gasteiger partial charge in [0.2, 0.25) is 0 Å². The predicted octanol–water partition coefficient (Wildman–Crippen LogP) is 3.43. The number of benzene rings is 1. The number of H-pyrrole nitrogens is 1. The molecule has 1 saturated heterocycles. The van der Waals surface area contributed by atoms with Crippen LogP contribution in [-0.2, 0) is 11.3 Å². The molecule has 5 rings (SSSR count). The van der Waals surface area contributed by atoms with Crippen molar-refractivity contribution in [1.29, 1.82) is 5.26 Å². The Morgan fingerprint density at radius 3 is 2.84 bits per heavy atom. The number of ether oxygens (including phenoxy) is 1. The third kappa shape index (κ3) is 3.52. The van der Waals surface area contributed by atoms with Crippen LogP contribution in [0, 0.1) is 17.1 Å². The van der Waals surface area contributed by atoms with Gasteiger partial charge in [-0.05, 0) is 24.3 Å². The summed E-state index contributed by atoms with van der Waals surface area (Å²) in [6.07, 6.45) is 1.57. The largest absolute Gasteiger partial charge is 0.508 e. The molecule has 0 bridgehead atoms. The average Bonchev–Trinajstić information content (AvgIpc) is 3.42. The number of halogens is 1. The van der Waals surface area contributed by atoms with E-state index < -0.39 is 5.82 Å². The van der Waals surface area contributed by atoms with Gasteiger partial charge in [-0.15, -0.1) is 0 Å². The lowest BCUT2D eigenvalue weighted by atomic mass is 9.97. The molecule has 1 aliphatic heterocycles. The van der Waals surface area contributed by atoms with Crippen molar-refractivity contribution in [3.05, 3.63) is 53.7 Å². The number of pyridine rings is 1. The summed E-state index contributed by atoms with van der Waals surface area (Å²) in [6, 6.07) is 9.57. The highest BCUT2D eigenvalue weighted by Gasteiger charge is 2.23. The second-order valence-electron chi connectivity index (χ2n) is 7.27. The van der Waals surface area contributed by atoms with E-state index in [1.807, 2.05) is 6.07 Å². The first kappa shape index (κ1) is 19.2. The molecule has 1 fully saturated rings. The van der Waals surface area contributed by atoms with Crippen molar-refractivity contribution in [2.75, 3.05) is 26.3 Å². The number of nitrogens with zero attached hydrogens (tertiary/aromatic N) is 4. The number of fused-ring (bicyclic) bond motifs is 1. The number of hydrogen-bond acceptors (Lipinski definition) is 7. The van der Waals surface area contributed by atoms with E-state index in [0.717, 1.165) is 24.9 Å². The number of aromatic nitrogens is 3. The Morgan fingerprint density at radius 2 is 2.06 bits per heavy atom. The number of aromatic hydroxyl groups is 1. The number of furan rings is 1. The fraction of sp³-hybridized carbons (Fsp3) is 0.227. The Morgan fingerprint density at radius 1 is 1.23 bits per heavy atom. The van der Waals surface area contributed by atoms with Crippen LogP contribution in [0.3, 0.4) is 0 Å². The molecule has 1 aromatic carbocycles. The molecule has 2 N–H and O–H groups in total. The predicted molar refractivity (Wildman–Crippen MR) is 109 cm³/mol. The summed E-state index contributed by atoms with van der Waals surface area (Å²) >= 11 is 0. The van der Waals surface area contributed by atoms with Crippen LogP contribution in [0.2, 0.25) is 0 Å². The molecule has 0 spiro atoms. The van der Waals surface area contributed by atoms with Crippen molar-refractivity contribution in [2.45, 2.75) is 6.54 Å². The molecule has 156 valence electrons. The molecule has 0 aliphatic carbocycles. The molecule has 3 aromatic heterocycles. The van der Waals surface area contributed by atoms with Gasteiger partial charge in [-0.3, -0.25) is 10.00 Å². The minimum Gasteiger partial charge on any atom is -0.508 e. The van der Waals surface area contributed by atoms with Crippen molar-refractivity contribution in [3.8, 4) is 34.4 Å². The number of aromatic amines is 1. The van der Waals surface area contributed by atoms with Crippen LogP contribution in [0.5, 0.6) is 5.75 Å². The van der Waals surface area contributed by atoms with Crippen LogP contribution in [0.4, 0.5) is 4.39 Å². The van der Waals surface area contributed by atoms with E-state index in [4.69, 9.17) is 9.15 Å². The Bertz CT molecular complexity index is 1300. The van der Waals surface area contributed by atoms with Gasteiger partial charge in [0, 0.05) is 30.3 Å². The third-order valence-electron chi connectivity index (χ3n) is 5.31. The molecular weight excluding hydrogens is 401 g/mol. The van der Waals surface area contributed by atoms with E-state index in [0.29, 0.717) is 42.1 Å². The number of hydrogen-bond donors (Lipinski definition) is 2. The van der Waals surface area contributed by atoms with Crippen LogP contribution < -0.4 is 0 Å². The minimum atomic E-state index is -0.679. The van der Waals surface area contributed by atoms with Gasteiger partial charge >= 0.3 is 0 Å². The lowest BCUT2D eigenvalue weighted by Crippen LogP contribution is -2.35. The Balaban J connectivity index is 1.63. The van der Waals surface area contributed by atoms with E-state index in [-0.39, 0.29) is 22.6 Å². The SMILES string of the molecule is N#Cc1c(-c2ccc(O)cc2F)nc2[nH]ncc2c1-c1ccc(CN2CCOCC2)o1. The average molecular weight is 419 g/mol. The third-order valence-corrected chi connectivity index (χ3v) is 5.31. The number of nitriles is 1. The Labute approximate surface area is 176 Å². The van der Waals surface area contributed by atoms with Gasteiger partial charge in [0.1, 0.15) is 29.2 Å². The van der Waals surface area contributed by atoms with E-state index in [2.05, 4.69) is 26.2 Å². The highest BCUT2D eigenvalue weighted by molar-refractivity contribution is 5.97. The van der Waals surface area contributed by atoms with Gasteiger partial charge in [-0.2, -0.15) is 10.4 Å². The molecule has 0 saturated carbocycles. The first-order chi connectivity index (χ1) is 15.1. The van der Waals surface area contributed by atoms with Crippen LogP contribution in [0.25, 0.3) is 33.6 Å². The molecule has 1 aliphatic rings. The first-order valence-electron chi connectivity index (χ1n) is 9.79. The van der Waals surface area contributed by atoms with Crippen molar-refractivity contribution < 1.29 is 18.7 Å². The summed E-state index contributed by atoms with van der Waals surface area (Å²) in [6.45, 7) is 3.65. The molecule has 4 aromatic rings. The van der Waals surface area contributed by atoms with Crippen molar-refractivity contribution in [2.24, 2.45) is 0 Å². The zero-order valence-electron chi connectivity index (χ0n) is 16.4. The maximum absolute atomic E-state index is 14.6. The van der Waals surface area contributed by atoms with Crippen LogP contribution >= 0.6 is 0 Å². The second kappa shape index (κ2) is 7.83. The summed E-state index contributed by atoms with van der Waals surface area (Å²) in [5.41, 5.74) is 1.33. The molecule has 0 radical (unpaired) electrons. The zero-order valence-corrected chi connectivity index (χ0v) is 16.4. The molecule has 31 heavy (non-hydrogen) atoms. The maximum Gasteiger partial charge on any atom is 0.156 e. The number of phenols is 1. The van der Waals surface area contributed by atoms with Gasteiger partial charge < -0.3 is 14.3 Å². The quantitative estimate of drug-likeness (QED) is 0.521. The van der Waals surface area contributed by atoms with E-state index >= 15 is 0 Å². The smallest absolute Gasteiger partial charge is 0.156 e. The van der Waals surface area contributed by atoms with E-state index in [1.54, 1.807) is 12.3 Å².